The number of benzene rings is 1. The van der Waals surface area contributed by atoms with E-state index in [2.05, 4.69) is 18.7 Å². The lowest BCUT2D eigenvalue weighted by Crippen LogP contribution is -2.38. The second kappa shape index (κ2) is 8.69. The van der Waals surface area contributed by atoms with Crippen molar-refractivity contribution in [2.24, 2.45) is 0 Å². The van der Waals surface area contributed by atoms with E-state index in [4.69, 9.17) is 4.42 Å². The molecule has 0 saturated heterocycles. The molecule has 1 N–H and O–H groups in total. The molecule has 1 atom stereocenters. The van der Waals surface area contributed by atoms with Crippen molar-refractivity contribution in [3.05, 3.63) is 69.3 Å². The number of carbonyl (C=O) groups excluding carboxylic acids is 2. The van der Waals surface area contributed by atoms with Crippen LogP contribution in [0.5, 0.6) is 0 Å². The number of aryl methyl sites for hydroxylation is 1. The van der Waals surface area contributed by atoms with E-state index in [-0.39, 0.29) is 11.3 Å². The molecule has 1 amide bonds. The van der Waals surface area contributed by atoms with Crippen molar-refractivity contribution in [3.63, 3.8) is 0 Å². The third kappa shape index (κ3) is 3.91. The van der Waals surface area contributed by atoms with Gasteiger partial charge in [-0.05, 0) is 49.7 Å². The monoisotopic (exact) mass is 438 g/mol. The Morgan fingerprint density at radius 1 is 1.23 bits per heavy atom. The van der Waals surface area contributed by atoms with Crippen LogP contribution in [0, 0.1) is 6.92 Å². The maximum absolute atomic E-state index is 13.5. The Bertz CT molecular complexity index is 1140. The van der Waals surface area contributed by atoms with Gasteiger partial charge in [-0.25, -0.2) is 0 Å². The van der Waals surface area contributed by atoms with Gasteiger partial charge in [0.05, 0.1) is 11.6 Å². The molecule has 0 radical (unpaired) electrons. The number of thiophene rings is 1. The standard InChI is InChI=1S/C24H26N2O4S/c1-4-25(5-2)10-11-26-21(19-7-6-12-31-19)20(23(28)24(26)29)22(27)18-14-16-13-15(3)8-9-17(16)30-18/h6-9,12-14,21,28H,4-5,10-11H2,1-3H3. The Balaban J connectivity index is 1.71. The normalized spacial score (nSPS) is 16.8. The highest BCUT2D eigenvalue weighted by atomic mass is 32.1. The summed E-state index contributed by atoms with van der Waals surface area (Å²) >= 11 is 1.46. The molecule has 6 nitrogen and oxygen atoms in total. The number of amides is 1. The second-order valence-electron chi connectivity index (χ2n) is 7.69. The van der Waals surface area contributed by atoms with E-state index < -0.39 is 23.5 Å². The SMILES string of the molecule is CCN(CC)CCN1C(=O)C(O)=C(C(=O)c2cc3cc(C)ccc3o2)C1c1cccs1. The minimum Gasteiger partial charge on any atom is -0.503 e. The molecule has 0 fully saturated rings. The molecule has 1 unspecified atom stereocenters. The van der Waals surface area contributed by atoms with E-state index in [0.717, 1.165) is 28.9 Å². The smallest absolute Gasteiger partial charge is 0.290 e. The van der Waals surface area contributed by atoms with Crippen LogP contribution in [0.3, 0.4) is 0 Å². The highest BCUT2D eigenvalue weighted by Gasteiger charge is 2.44. The summed E-state index contributed by atoms with van der Waals surface area (Å²) in [6.45, 7) is 8.93. The first kappa shape index (κ1) is 21.3. The van der Waals surface area contributed by atoms with E-state index in [1.165, 1.54) is 11.3 Å². The fourth-order valence-corrected chi connectivity index (χ4v) is 4.90. The number of rotatable bonds is 8. The van der Waals surface area contributed by atoms with Crippen molar-refractivity contribution < 1.29 is 19.1 Å². The summed E-state index contributed by atoms with van der Waals surface area (Å²) in [5, 5.41) is 13.5. The average molecular weight is 439 g/mol. The van der Waals surface area contributed by atoms with Crippen LogP contribution in [0.15, 0.2) is 57.5 Å². The van der Waals surface area contributed by atoms with Gasteiger partial charge >= 0.3 is 0 Å². The van der Waals surface area contributed by atoms with Crippen LogP contribution in [0.1, 0.15) is 40.9 Å². The molecule has 162 valence electrons. The molecule has 0 spiro atoms. The molecule has 1 aromatic carbocycles. The topological polar surface area (TPSA) is 74.0 Å². The lowest BCUT2D eigenvalue weighted by molar-refractivity contribution is -0.129. The molecule has 3 heterocycles. The molecule has 0 bridgehead atoms. The zero-order valence-electron chi connectivity index (χ0n) is 17.9. The van der Waals surface area contributed by atoms with Gasteiger partial charge in [0.2, 0.25) is 5.78 Å². The molecular weight excluding hydrogens is 412 g/mol. The second-order valence-corrected chi connectivity index (χ2v) is 8.67. The third-order valence-electron chi connectivity index (χ3n) is 5.81. The number of fused-ring (bicyclic) bond motifs is 1. The van der Waals surface area contributed by atoms with E-state index in [1.807, 2.05) is 42.6 Å². The minimum absolute atomic E-state index is 0.0859. The predicted octanol–water partition coefficient (Wildman–Crippen LogP) is 4.72. The number of aliphatic hydroxyl groups is 1. The Kier molecular flexibility index (Phi) is 5.98. The van der Waals surface area contributed by atoms with Gasteiger partial charge in [-0.1, -0.05) is 31.5 Å². The number of Topliss-reactive ketones (excluding diaryl/α,β-unsaturated/α-hetero) is 1. The fourth-order valence-electron chi connectivity index (χ4n) is 4.06. The number of furan rings is 1. The fraction of sp³-hybridized carbons (Fsp3) is 0.333. The Hall–Kier alpha value is -2.90. The van der Waals surface area contributed by atoms with Gasteiger partial charge in [0.1, 0.15) is 5.58 Å². The minimum atomic E-state index is -0.620. The first-order chi connectivity index (χ1) is 14.9. The summed E-state index contributed by atoms with van der Waals surface area (Å²) in [7, 11) is 0. The molecule has 3 aromatic rings. The summed E-state index contributed by atoms with van der Waals surface area (Å²) in [6.07, 6.45) is 0. The van der Waals surface area contributed by atoms with Crippen molar-refractivity contribution in [2.45, 2.75) is 26.8 Å². The molecule has 7 heteroatoms. The molecule has 31 heavy (non-hydrogen) atoms. The van der Waals surface area contributed by atoms with Crippen LogP contribution in [0.25, 0.3) is 11.0 Å². The average Bonchev–Trinajstić information content (AvgIpc) is 3.48. The molecule has 2 aromatic heterocycles. The van der Waals surface area contributed by atoms with Gasteiger partial charge in [0.25, 0.3) is 5.91 Å². The largest absolute Gasteiger partial charge is 0.503 e. The summed E-state index contributed by atoms with van der Waals surface area (Å²) in [6, 6.07) is 10.5. The first-order valence-electron chi connectivity index (χ1n) is 10.5. The van der Waals surface area contributed by atoms with Gasteiger partial charge in [-0.2, -0.15) is 0 Å². The highest BCUT2D eigenvalue weighted by Crippen LogP contribution is 2.41. The van der Waals surface area contributed by atoms with Crippen molar-refractivity contribution in [1.82, 2.24) is 9.80 Å². The summed E-state index contributed by atoms with van der Waals surface area (Å²) < 4.78 is 5.79. The zero-order chi connectivity index (χ0) is 22.1. The van der Waals surface area contributed by atoms with Gasteiger partial charge in [-0.15, -0.1) is 11.3 Å². The van der Waals surface area contributed by atoms with Crippen LogP contribution in [-0.2, 0) is 4.79 Å². The van der Waals surface area contributed by atoms with Crippen LogP contribution in [0.4, 0.5) is 0 Å². The van der Waals surface area contributed by atoms with E-state index in [9.17, 15) is 14.7 Å². The van der Waals surface area contributed by atoms with Gasteiger partial charge in [-0.3, -0.25) is 9.59 Å². The zero-order valence-corrected chi connectivity index (χ0v) is 18.7. The van der Waals surface area contributed by atoms with Crippen LogP contribution >= 0.6 is 11.3 Å². The summed E-state index contributed by atoms with van der Waals surface area (Å²) in [5.74, 6) is -1.33. The number of likely N-dealkylation sites (N-methyl/N-ethyl adjacent to an activating group) is 1. The van der Waals surface area contributed by atoms with Crippen molar-refractivity contribution in [3.8, 4) is 0 Å². The van der Waals surface area contributed by atoms with E-state index >= 15 is 0 Å². The van der Waals surface area contributed by atoms with Crippen LogP contribution in [-0.4, -0.2) is 52.8 Å². The summed E-state index contributed by atoms with van der Waals surface area (Å²) in [5.41, 5.74) is 1.75. The Labute approximate surface area is 185 Å². The number of hydrogen-bond donors (Lipinski definition) is 1. The van der Waals surface area contributed by atoms with E-state index in [0.29, 0.717) is 18.7 Å². The number of ketones is 1. The van der Waals surface area contributed by atoms with E-state index in [1.54, 1.807) is 11.0 Å². The number of aliphatic hydroxyl groups excluding tert-OH is 1. The molecule has 0 saturated carbocycles. The third-order valence-corrected chi connectivity index (χ3v) is 6.73. The summed E-state index contributed by atoms with van der Waals surface area (Å²) in [4.78, 5) is 31.1. The Morgan fingerprint density at radius 3 is 2.68 bits per heavy atom. The number of nitrogens with zero attached hydrogens (tertiary/aromatic N) is 2. The predicted molar refractivity (Wildman–Crippen MR) is 121 cm³/mol. The van der Waals surface area contributed by atoms with Gasteiger partial charge in [0, 0.05) is 23.4 Å². The lowest BCUT2D eigenvalue weighted by atomic mass is 10.00. The molecule has 4 rings (SSSR count). The van der Waals surface area contributed by atoms with Gasteiger partial charge < -0.3 is 19.3 Å². The molecule has 0 aliphatic carbocycles. The first-order valence-corrected chi connectivity index (χ1v) is 11.4. The number of hydrogen-bond acceptors (Lipinski definition) is 6. The lowest BCUT2D eigenvalue weighted by Gasteiger charge is -2.28. The molecular formula is C24H26N2O4S. The molecule has 1 aliphatic rings. The van der Waals surface area contributed by atoms with Crippen LogP contribution < -0.4 is 0 Å². The maximum Gasteiger partial charge on any atom is 0.290 e. The quantitative estimate of drug-likeness (QED) is 0.515. The highest BCUT2D eigenvalue weighted by molar-refractivity contribution is 7.10. The van der Waals surface area contributed by atoms with Crippen molar-refractivity contribution >= 4 is 34.0 Å². The van der Waals surface area contributed by atoms with Crippen molar-refractivity contribution in [1.29, 1.82) is 0 Å². The number of carbonyl (C=O) groups is 2. The Morgan fingerprint density at radius 2 is 2.00 bits per heavy atom. The van der Waals surface area contributed by atoms with Crippen LogP contribution in [0.2, 0.25) is 0 Å². The maximum atomic E-state index is 13.5. The van der Waals surface area contributed by atoms with Gasteiger partial charge in [0.15, 0.2) is 11.5 Å². The van der Waals surface area contributed by atoms with Crippen molar-refractivity contribution in [2.75, 3.05) is 26.2 Å². The molecule has 1 aliphatic heterocycles.